The molecular weight excluding hydrogens is 345 g/mol. The smallest absolute Gasteiger partial charge is 0.338 e. The van der Waals surface area contributed by atoms with E-state index in [-0.39, 0.29) is 0 Å². The summed E-state index contributed by atoms with van der Waals surface area (Å²) in [5, 5.41) is 3.90. The number of aromatic nitrogens is 2. The van der Waals surface area contributed by atoms with Gasteiger partial charge in [-0.15, -0.1) is 0 Å². The third kappa shape index (κ3) is 4.24. The maximum absolute atomic E-state index is 12.6. The summed E-state index contributed by atoms with van der Waals surface area (Å²) in [7, 11) is 0. The maximum atomic E-state index is 12.6. The molecule has 1 aromatic heterocycles. The Kier molecular flexibility index (Phi) is 5.62. The number of likely N-dealkylation sites (N-methyl/N-ethyl adjacent to an activating group) is 1. The van der Waals surface area contributed by atoms with Crippen LogP contribution < -0.4 is 0 Å². The van der Waals surface area contributed by atoms with Crippen molar-refractivity contribution in [3.63, 3.8) is 0 Å². The van der Waals surface area contributed by atoms with Crippen LogP contribution >= 0.6 is 0 Å². The van der Waals surface area contributed by atoms with Crippen LogP contribution in [-0.2, 0) is 12.7 Å². The first-order valence-corrected chi connectivity index (χ1v) is 8.87. The summed E-state index contributed by atoms with van der Waals surface area (Å²) >= 11 is 0. The topological polar surface area (TPSA) is 45.4 Å². The summed E-state index contributed by atoms with van der Waals surface area (Å²) < 4.78 is 43.2. The summed E-state index contributed by atoms with van der Waals surface area (Å²) in [5.41, 5.74) is -0.181. The lowest BCUT2D eigenvalue weighted by molar-refractivity contribution is -0.137. The third-order valence-electron chi connectivity index (χ3n) is 4.87. The van der Waals surface area contributed by atoms with Gasteiger partial charge < -0.3 is 4.52 Å². The highest BCUT2D eigenvalue weighted by molar-refractivity contribution is 5.54. The SMILES string of the molecule is CCN(CC)[C@H]1CCN(Cc2nc(-c3ccc(C(F)(F)F)cc3)no2)C1. The van der Waals surface area contributed by atoms with E-state index >= 15 is 0 Å². The molecule has 0 N–H and O–H groups in total. The van der Waals surface area contributed by atoms with Crippen LogP contribution in [0.3, 0.4) is 0 Å². The molecule has 0 radical (unpaired) electrons. The minimum atomic E-state index is -4.35. The lowest BCUT2D eigenvalue weighted by Crippen LogP contribution is -2.37. The van der Waals surface area contributed by atoms with Gasteiger partial charge in [0.2, 0.25) is 11.7 Å². The molecule has 8 heteroatoms. The molecule has 1 saturated heterocycles. The fourth-order valence-corrected chi connectivity index (χ4v) is 3.43. The fraction of sp³-hybridized carbons (Fsp3) is 0.556. The van der Waals surface area contributed by atoms with Crippen LogP contribution in [0.15, 0.2) is 28.8 Å². The van der Waals surface area contributed by atoms with E-state index in [0.29, 0.717) is 29.9 Å². The molecule has 5 nitrogen and oxygen atoms in total. The van der Waals surface area contributed by atoms with Gasteiger partial charge in [-0.25, -0.2) is 0 Å². The van der Waals surface area contributed by atoms with Gasteiger partial charge in [0, 0.05) is 24.7 Å². The average Bonchev–Trinajstić information content (AvgIpc) is 3.26. The van der Waals surface area contributed by atoms with E-state index in [2.05, 4.69) is 33.8 Å². The number of benzene rings is 1. The molecule has 1 aliphatic rings. The second kappa shape index (κ2) is 7.75. The Morgan fingerprint density at radius 3 is 2.50 bits per heavy atom. The molecule has 1 aliphatic heterocycles. The van der Waals surface area contributed by atoms with Crippen molar-refractivity contribution in [2.24, 2.45) is 0 Å². The first kappa shape index (κ1) is 18.8. The third-order valence-corrected chi connectivity index (χ3v) is 4.87. The molecule has 0 amide bonds. The molecule has 1 fully saturated rings. The molecule has 3 rings (SSSR count). The Bertz CT molecular complexity index is 710. The van der Waals surface area contributed by atoms with Crippen LogP contribution in [0.25, 0.3) is 11.4 Å². The van der Waals surface area contributed by atoms with E-state index in [9.17, 15) is 13.2 Å². The minimum Gasteiger partial charge on any atom is -0.338 e. The number of hydrogen-bond acceptors (Lipinski definition) is 5. The Balaban J connectivity index is 1.62. The maximum Gasteiger partial charge on any atom is 0.416 e. The van der Waals surface area contributed by atoms with Crippen molar-refractivity contribution < 1.29 is 17.7 Å². The van der Waals surface area contributed by atoms with Crippen molar-refractivity contribution in [1.82, 2.24) is 19.9 Å². The predicted octanol–water partition coefficient (Wildman–Crippen LogP) is 3.67. The number of hydrogen-bond donors (Lipinski definition) is 0. The van der Waals surface area contributed by atoms with E-state index in [1.54, 1.807) is 0 Å². The van der Waals surface area contributed by atoms with Gasteiger partial charge in [0.05, 0.1) is 12.1 Å². The van der Waals surface area contributed by atoms with E-state index < -0.39 is 11.7 Å². The van der Waals surface area contributed by atoms with Crippen molar-refractivity contribution in [2.45, 2.75) is 39.0 Å². The van der Waals surface area contributed by atoms with E-state index in [0.717, 1.165) is 44.7 Å². The number of halogens is 3. The Morgan fingerprint density at radius 1 is 1.19 bits per heavy atom. The van der Waals surface area contributed by atoms with Crippen LogP contribution in [0, 0.1) is 0 Å². The highest BCUT2D eigenvalue weighted by Crippen LogP contribution is 2.30. The molecule has 1 aromatic carbocycles. The number of likely N-dealkylation sites (tertiary alicyclic amines) is 1. The molecule has 142 valence electrons. The monoisotopic (exact) mass is 368 g/mol. The predicted molar refractivity (Wildman–Crippen MR) is 91.3 cm³/mol. The molecular formula is C18H23F3N4O. The molecule has 0 saturated carbocycles. The van der Waals surface area contributed by atoms with Gasteiger partial charge in [0.15, 0.2) is 0 Å². The van der Waals surface area contributed by atoms with Gasteiger partial charge in [-0.1, -0.05) is 31.1 Å². The molecule has 0 spiro atoms. The zero-order valence-corrected chi connectivity index (χ0v) is 15.0. The van der Waals surface area contributed by atoms with Gasteiger partial charge in [-0.3, -0.25) is 9.80 Å². The quantitative estimate of drug-likeness (QED) is 0.778. The molecule has 1 atom stereocenters. The second-order valence-corrected chi connectivity index (χ2v) is 6.49. The highest BCUT2D eigenvalue weighted by Gasteiger charge is 2.30. The molecule has 2 aromatic rings. The molecule has 0 aliphatic carbocycles. The molecule has 0 bridgehead atoms. The largest absolute Gasteiger partial charge is 0.416 e. The molecule has 2 heterocycles. The highest BCUT2D eigenvalue weighted by atomic mass is 19.4. The van der Waals surface area contributed by atoms with Crippen LogP contribution in [0.1, 0.15) is 31.7 Å². The number of nitrogens with zero attached hydrogens (tertiary/aromatic N) is 4. The van der Waals surface area contributed by atoms with Gasteiger partial charge in [-0.2, -0.15) is 18.2 Å². The zero-order chi connectivity index (χ0) is 18.7. The van der Waals surface area contributed by atoms with Crippen molar-refractivity contribution in [2.75, 3.05) is 26.2 Å². The summed E-state index contributed by atoms with van der Waals surface area (Å²) in [4.78, 5) is 9.05. The number of alkyl halides is 3. The summed E-state index contributed by atoms with van der Waals surface area (Å²) in [6, 6.07) is 5.33. The lowest BCUT2D eigenvalue weighted by Gasteiger charge is -2.25. The molecule has 0 unspecified atom stereocenters. The lowest BCUT2D eigenvalue weighted by atomic mass is 10.1. The van der Waals surface area contributed by atoms with Gasteiger partial charge in [0.25, 0.3) is 0 Å². The minimum absolute atomic E-state index is 0.313. The normalized spacial score (nSPS) is 18.8. The summed E-state index contributed by atoms with van der Waals surface area (Å²) in [6.07, 6.45) is -3.24. The van der Waals surface area contributed by atoms with Crippen molar-refractivity contribution >= 4 is 0 Å². The van der Waals surface area contributed by atoms with Crippen molar-refractivity contribution in [3.8, 4) is 11.4 Å². The first-order chi connectivity index (χ1) is 12.4. The van der Waals surface area contributed by atoms with Crippen LogP contribution in [-0.4, -0.2) is 52.2 Å². The molecule has 26 heavy (non-hydrogen) atoms. The zero-order valence-electron chi connectivity index (χ0n) is 15.0. The van der Waals surface area contributed by atoms with Gasteiger partial charge in [-0.05, 0) is 31.6 Å². The van der Waals surface area contributed by atoms with E-state index in [4.69, 9.17) is 4.52 Å². The average molecular weight is 368 g/mol. The van der Waals surface area contributed by atoms with Crippen molar-refractivity contribution in [1.29, 1.82) is 0 Å². The van der Waals surface area contributed by atoms with E-state index in [1.165, 1.54) is 12.1 Å². The Hall–Kier alpha value is -1.93. The van der Waals surface area contributed by atoms with Gasteiger partial charge in [0.1, 0.15) is 0 Å². The summed E-state index contributed by atoms with van der Waals surface area (Å²) in [6.45, 7) is 8.90. The fourth-order valence-electron chi connectivity index (χ4n) is 3.43. The van der Waals surface area contributed by atoms with Gasteiger partial charge >= 0.3 is 6.18 Å². The van der Waals surface area contributed by atoms with Crippen LogP contribution in [0.5, 0.6) is 0 Å². The summed E-state index contributed by atoms with van der Waals surface area (Å²) in [5.74, 6) is 0.799. The number of rotatable bonds is 6. The first-order valence-electron chi connectivity index (χ1n) is 8.87. The van der Waals surface area contributed by atoms with Crippen LogP contribution in [0.2, 0.25) is 0 Å². The Morgan fingerprint density at radius 2 is 1.88 bits per heavy atom. The van der Waals surface area contributed by atoms with Crippen molar-refractivity contribution in [3.05, 3.63) is 35.7 Å². The standard InChI is InChI=1S/C18H23F3N4O/c1-3-25(4-2)15-9-10-24(11-15)12-16-22-17(23-26-16)13-5-7-14(8-6-13)18(19,20)21/h5-8,15H,3-4,9-12H2,1-2H3/t15-/m0/s1. The van der Waals surface area contributed by atoms with E-state index in [1.807, 2.05) is 0 Å². The van der Waals surface area contributed by atoms with Crippen LogP contribution in [0.4, 0.5) is 13.2 Å². The Labute approximate surface area is 150 Å². The second-order valence-electron chi connectivity index (χ2n) is 6.49.